The zero-order chi connectivity index (χ0) is 14.8. The molecular weight excluding hydrogens is 276 g/mol. The topological polar surface area (TPSA) is 55.9 Å². The molecule has 1 fully saturated rings. The molecular formula is C13H22N4O2S. The summed E-state index contributed by atoms with van der Waals surface area (Å²) < 4.78 is 27.1. The second-order valence-corrected chi connectivity index (χ2v) is 7.11. The van der Waals surface area contributed by atoms with Gasteiger partial charge >= 0.3 is 10.2 Å². The zero-order valence-corrected chi connectivity index (χ0v) is 13.0. The molecule has 0 aromatic heterocycles. The number of anilines is 2. The molecule has 1 aromatic rings. The fourth-order valence-electron chi connectivity index (χ4n) is 2.05. The van der Waals surface area contributed by atoms with Gasteiger partial charge in [0.15, 0.2) is 0 Å². The Hall–Kier alpha value is -1.31. The summed E-state index contributed by atoms with van der Waals surface area (Å²) in [6, 6.07) is 7.51. The van der Waals surface area contributed by atoms with Crippen molar-refractivity contribution in [1.29, 1.82) is 0 Å². The summed E-state index contributed by atoms with van der Waals surface area (Å²) in [5.41, 5.74) is 1.71. The van der Waals surface area contributed by atoms with Crippen LogP contribution in [-0.4, -0.2) is 64.9 Å². The van der Waals surface area contributed by atoms with E-state index in [1.807, 2.05) is 12.1 Å². The highest BCUT2D eigenvalue weighted by molar-refractivity contribution is 7.90. The number of likely N-dealkylation sites (N-methyl/N-ethyl adjacent to an activating group) is 1. The summed E-state index contributed by atoms with van der Waals surface area (Å²) in [4.78, 5) is 4.61. The van der Waals surface area contributed by atoms with Gasteiger partial charge in [0.25, 0.3) is 0 Å². The van der Waals surface area contributed by atoms with Crippen LogP contribution >= 0.6 is 0 Å². The van der Waals surface area contributed by atoms with Crippen LogP contribution in [0.3, 0.4) is 0 Å². The second-order valence-electron chi connectivity index (χ2n) is 5.23. The normalized spacial score (nSPS) is 17.5. The van der Waals surface area contributed by atoms with Gasteiger partial charge in [-0.15, -0.1) is 0 Å². The molecule has 1 heterocycles. The number of hydrogen-bond acceptors (Lipinski definition) is 4. The Morgan fingerprint density at radius 3 is 2.10 bits per heavy atom. The summed E-state index contributed by atoms with van der Waals surface area (Å²) >= 11 is 0. The van der Waals surface area contributed by atoms with Gasteiger partial charge in [-0.25, -0.2) is 0 Å². The molecule has 0 radical (unpaired) electrons. The van der Waals surface area contributed by atoms with Crippen molar-refractivity contribution in [2.75, 3.05) is 56.9 Å². The van der Waals surface area contributed by atoms with E-state index in [2.05, 4.69) is 21.6 Å². The van der Waals surface area contributed by atoms with Crippen LogP contribution in [-0.2, 0) is 10.2 Å². The number of hydrogen-bond donors (Lipinski definition) is 1. The number of nitrogens with zero attached hydrogens (tertiary/aromatic N) is 3. The smallest absolute Gasteiger partial charge is 0.301 e. The van der Waals surface area contributed by atoms with Gasteiger partial charge in [-0.05, 0) is 31.3 Å². The van der Waals surface area contributed by atoms with Crippen LogP contribution in [0, 0.1) is 0 Å². The van der Waals surface area contributed by atoms with E-state index < -0.39 is 10.2 Å². The Labute approximate surface area is 121 Å². The highest BCUT2D eigenvalue weighted by atomic mass is 32.2. The van der Waals surface area contributed by atoms with Crippen LogP contribution in [0.4, 0.5) is 11.4 Å². The van der Waals surface area contributed by atoms with E-state index in [1.165, 1.54) is 14.1 Å². The summed E-state index contributed by atoms with van der Waals surface area (Å²) in [6.07, 6.45) is 0. The van der Waals surface area contributed by atoms with Crippen molar-refractivity contribution in [3.8, 4) is 0 Å². The number of benzene rings is 1. The van der Waals surface area contributed by atoms with Crippen molar-refractivity contribution in [3.63, 3.8) is 0 Å². The zero-order valence-electron chi connectivity index (χ0n) is 12.2. The van der Waals surface area contributed by atoms with E-state index in [4.69, 9.17) is 0 Å². The average molecular weight is 298 g/mol. The maximum absolute atomic E-state index is 11.7. The third kappa shape index (κ3) is 3.62. The fourth-order valence-corrected chi connectivity index (χ4v) is 2.66. The molecule has 0 saturated carbocycles. The van der Waals surface area contributed by atoms with Crippen molar-refractivity contribution in [1.82, 2.24) is 9.21 Å². The minimum atomic E-state index is -3.43. The van der Waals surface area contributed by atoms with E-state index >= 15 is 0 Å². The Balaban J connectivity index is 2.03. The predicted molar refractivity (Wildman–Crippen MR) is 82.4 cm³/mol. The van der Waals surface area contributed by atoms with E-state index in [-0.39, 0.29) is 0 Å². The summed E-state index contributed by atoms with van der Waals surface area (Å²) in [5.74, 6) is 0. The van der Waals surface area contributed by atoms with E-state index in [0.717, 1.165) is 36.2 Å². The van der Waals surface area contributed by atoms with Crippen molar-refractivity contribution in [2.24, 2.45) is 0 Å². The van der Waals surface area contributed by atoms with Gasteiger partial charge in [-0.3, -0.25) is 4.72 Å². The third-order valence-electron chi connectivity index (χ3n) is 3.46. The Bertz CT molecular complexity index is 534. The lowest BCUT2D eigenvalue weighted by Crippen LogP contribution is -2.44. The first-order valence-electron chi connectivity index (χ1n) is 6.62. The average Bonchev–Trinajstić information content (AvgIpc) is 2.40. The van der Waals surface area contributed by atoms with Crippen LogP contribution < -0.4 is 9.62 Å². The van der Waals surface area contributed by atoms with Crippen molar-refractivity contribution >= 4 is 21.6 Å². The molecule has 1 aliphatic heterocycles. The van der Waals surface area contributed by atoms with E-state index in [0.29, 0.717) is 5.69 Å². The van der Waals surface area contributed by atoms with Crippen LogP contribution in [0.5, 0.6) is 0 Å². The minimum absolute atomic E-state index is 0.580. The summed E-state index contributed by atoms with van der Waals surface area (Å²) in [5, 5.41) is 0. The monoisotopic (exact) mass is 298 g/mol. The second kappa shape index (κ2) is 5.99. The molecule has 2 rings (SSSR count). The van der Waals surface area contributed by atoms with Gasteiger partial charge in [0.1, 0.15) is 0 Å². The maximum atomic E-state index is 11.7. The Kier molecular flexibility index (Phi) is 4.52. The highest BCUT2D eigenvalue weighted by Gasteiger charge is 2.15. The standard InChI is InChI=1S/C13H22N4O2S/c1-15(2)20(18,19)14-12-4-6-13(7-5-12)17-10-8-16(3)9-11-17/h4-7,14H,8-11H2,1-3H3. The van der Waals surface area contributed by atoms with E-state index in [1.54, 1.807) is 12.1 Å². The molecule has 1 aromatic carbocycles. The first-order valence-corrected chi connectivity index (χ1v) is 8.06. The van der Waals surface area contributed by atoms with Gasteiger partial charge < -0.3 is 9.80 Å². The lowest BCUT2D eigenvalue weighted by molar-refractivity contribution is 0.313. The fraction of sp³-hybridized carbons (Fsp3) is 0.538. The van der Waals surface area contributed by atoms with Gasteiger partial charge in [0, 0.05) is 51.6 Å². The van der Waals surface area contributed by atoms with Gasteiger partial charge in [0.05, 0.1) is 0 Å². The van der Waals surface area contributed by atoms with Gasteiger partial charge in [-0.2, -0.15) is 12.7 Å². The molecule has 0 spiro atoms. The largest absolute Gasteiger partial charge is 0.369 e. The lowest BCUT2D eigenvalue weighted by atomic mass is 10.2. The maximum Gasteiger partial charge on any atom is 0.301 e. The molecule has 0 bridgehead atoms. The molecule has 1 saturated heterocycles. The summed E-state index contributed by atoms with van der Waals surface area (Å²) in [7, 11) is 1.69. The summed E-state index contributed by atoms with van der Waals surface area (Å²) in [6.45, 7) is 4.10. The van der Waals surface area contributed by atoms with Crippen LogP contribution in [0.15, 0.2) is 24.3 Å². The Morgan fingerprint density at radius 2 is 1.60 bits per heavy atom. The van der Waals surface area contributed by atoms with Crippen LogP contribution in [0.1, 0.15) is 0 Å². The lowest BCUT2D eigenvalue weighted by Gasteiger charge is -2.34. The molecule has 0 amide bonds. The number of piperazine rings is 1. The minimum Gasteiger partial charge on any atom is -0.369 e. The van der Waals surface area contributed by atoms with Gasteiger partial charge in [0.2, 0.25) is 0 Å². The SMILES string of the molecule is CN1CCN(c2ccc(NS(=O)(=O)N(C)C)cc2)CC1. The molecule has 1 aliphatic rings. The number of rotatable bonds is 4. The number of nitrogens with one attached hydrogen (secondary N) is 1. The molecule has 6 nitrogen and oxygen atoms in total. The van der Waals surface area contributed by atoms with Gasteiger partial charge in [-0.1, -0.05) is 0 Å². The molecule has 0 unspecified atom stereocenters. The molecule has 112 valence electrons. The highest BCUT2D eigenvalue weighted by Crippen LogP contribution is 2.20. The van der Waals surface area contributed by atoms with E-state index in [9.17, 15) is 8.42 Å². The quantitative estimate of drug-likeness (QED) is 0.887. The van der Waals surface area contributed by atoms with Crippen LogP contribution in [0.25, 0.3) is 0 Å². The first kappa shape index (κ1) is 15.1. The molecule has 20 heavy (non-hydrogen) atoms. The van der Waals surface area contributed by atoms with Crippen molar-refractivity contribution < 1.29 is 8.42 Å². The molecule has 0 atom stereocenters. The predicted octanol–water partition coefficient (Wildman–Crippen LogP) is 0.657. The first-order chi connectivity index (χ1) is 9.38. The molecule has 1 N–H and O–H groups in total. The third-order valence-corrected chi connectivity index (χ3v) is 4.92. The van der Waals surface area contributed by atoms with Crippen molar-refractivity contribution in [3.05, 3.63) is 24.3 Å². The molecule has 0 aliphatic carbocycles. The Morgan fingerprint density at radius 1 is 1.05 bits per heavy atom. The van der Waals surface area contributed by atoms with Crippen LogP contribution in [0.2, 0.25) is 0 Å². The molecule has 7 heteroatoms. The van der Waals surface area contributed by atoms with Crippen molar-refractivity contribution in [2.45, 2.75) is 0 Å².